The largest absolute Gasteiger partial charge is 0.395 e. The lowest BCUT2D eigenvalue weighted by Crippen LogP contribution is -2.45. The first-order valence-electron chi connectivity index (χ1n) is 12.0. The molecule has 1 heterocycles. The first-order valence-corrected chi connectivity index (χ1v) is 13.3. The van der Waals surface area contributed by atoms with Gasteiger partial charge in [-0.05, 0) is 57.6 Å². The van der Waals surface area contributed by atoms with Gasteiger partial charge in [0.2, 0.25) is 5.91 Å². The van der Waals surface area contributed by atoms with Crippen LogP contribution in [0.5, 0.6) is 0 Å². The number of likely N-dealkylation sites (N-methyl/N-ethyl adjacent to an activating group) is 1. The second-order valence-electron chi connectivity index (χ2n) is 9.64. The zero-order valence-corrected chi connectivity index (χ0v) is 22.5. The van der Waals surface area contributed by atoms with Gasteiger partial charge in [0, 0.05) is 55.1 Å². The Kier molecular flexibility index (Phi) is 9.24. The topological polar surface area (TPSA) is 87.2 Å². The highest BCUT2D eigenvalue weighted by molar-refractivity contribution is 6.37. The van der Waals surface area contributed by atoms with Crippen molar-refractivity contribution >= 4 is 21.3 Å². The first kappa shape index (κ1) is 29.6. The second-order valence-corrected chi connectivity index (χ2v) is 11.1. The maximum Gasteiger partial charge on any atom is 0.395 e. The number of amides is 2. The van der Waals surface area contributed by atoms with Gasteiger partial charge in [0.25, 0.3) is 5.91 Å². The number of halogens is 5. The molecule has 1 aromatic heterocycles. The third-order valence-electron chi connectivity index (χ3n) is 6.87. The summed E-state index contributed by atoms with van der Waals surface area (Å²) < 4.78 is 70.8. The van der Waals surface area contributed by atoms with E-state index in [2.05, 4.69) is 20.6 Å². The number of aromatic nitrogens is 2. The molecule has 1 aliphatic carbocycles. The van der Waals surface area contributed by atoms with Crippen LogP contribution in [0.4, 0.5) is 22.0 Å². The van der Waals surface area contributed by atoms with Crippen molar-refractivity contribution in [1.29, 1.82) is 0 Å². The van der Waals surface area contributed by atoms with E-state index >= 15 is 0 Å². The molecule has 1 aromatic carbocycles. The zero-order chi connectivity index (χ0) is 28.3. The van der Waals surface area contributed by atoms with E-state index in [0.29, 0.717) is 5.82 Å². The predicted octanol–water partition coefficient (Wildman–Crippen LogP) is 3.15. The van der Waals surface area contributed by atoms with Gasteiger partial charge in [0.15, 0.2) is 0 Å². The fourth-order valence-electron chi connectivity index (χ4n) is 4.35. The van der Waals surface area contributed by atoms with Gasteiger partial charge < -0.3 is 15.5 Å². The summed E-state index contributed by atoms with van der Waals surface area (Å²) in [6.07, 6.45) is -2.32. The van der Waals surface area contributed by atoms with Gasteiger partial charge in [-0.1, -0.05) is 0 Å². The monoisotopic (exact) mass is 555 g/mol. The first-order chi connectivity index (χ1) is 17.8. The highest BCUT2D eigenvalue weighted by Gasteiger charge is 2.67. The number of carbonyl (C=O) groups is 2. The molecule has 0 bridgehead atoms. The molecule has 38 heavy (non-hydrogen) atoms. The van der Waals surface area contributed by atoms with Crippen molar-refractivity contribution in [3.63, 3.8) is 0 Å². The smallest absolute Gasteiger partial charge is 0.355 e. The third-order valence-corrected chi connectivity index (χ3v) is 8.62. The fraction of sp³-hybridized carbons (Fsp3) is 0.520. The number of hydrogen-bond acceptors (Lipinski definition) is 5. The minimum Gasteiger partial charge on any atom is -0.355 e. The Balaban J connectivity index is 1.67. The maximum atomic E-state index is 14.5. The summed E-state index contributed by atoms with van der Waals surface area (Å²) in [5, 5.41) is 5.01. The summed E-state index contributed by atoms with van der Waals surface area (Å²) >= 11 is 0. The van der Waals surface area contributed by atoms with Crippen LogP contribution in [0, 0.1) is 24.0 Å². The van der Waals surface area contributed by atoms with Gasteiger partial charge in [-0.2, -0.15) is 13.2 Å². The Morgan fingerprint density at radius 1 is 1.13 bits per heavy atom. The van der Waals surface area contributed by atoms with Crippen LogP contribution < -0.4 is 10.6 Å². The molecular formula is C25H30F5N5O2Si. The fourth-order valence-corrected chi connectivity index (χ4v) is 5.74. The van der Waals surface area contributed by atoms with Gasteiger partial charge in [0.05, 0.1) is 14.9 Å². The molecule has 0 unspecified atom stereocenters. The number of alkyl halides is 3. The van der Waals surface area contributed by atoms with Crippen LogP contribution >= 0.6 is 0 Å². The van der Waals surface area contributed by atoms with Gasteiger partial charge in [-0.15, -0.1) is 0 Å². The number of carbonyl (C=O) groups excluding carboxylic acids is 2. The molecule has 2 N–H and O–H groups in total. The lowest BCUT2D eigenvalue weighted by molar-refractivity contribution is -0.194. The van der Waals surface area contributed by atoms with E-state index in [0.717, 1.165) is 12.1 Å². The molecule has 0 aliphatic heterocycles. The summed E-state index contributed by atoms with van der Waals surface area (Å²) in [6, 6.07) is 1.96. The van der Waals surface area contributed by atoms with E-state index in [1.54, 1.807) is 25.9 Å². The number of nitrogens with one attached hydrogen (secondary N) is 2. The Hall–Kier alpha value is -2.93. The molecule has 1 fully saturated rings. The quantitative estimate of drug-likeness (QED) is 0.329. The highest BCUT2D eigenvalue weighted by Crippen LogP contribution is 2.66. The van der Waals surface area contributed by atoms with Crippen molar-refractivity contribution in [2.45, 2.75) is 50.0 Å². The van der Waals surface area contributed by atoms with Crippen LogP contribution in [0.25, 0.3) is 0 Å². The van der Waals surface area contributed by atoms with Gasteiger partial charge >= 0.3 is 6.18 Å². The predicted molar refractivity (Wildman–Crippen MR) is 132 cm³/mol. The normalized spacial score (nSPS) is 16.2. The van der Waals surface area contributed by atoms with Crippen LogP contribution in [0.3, 0.4) is 0 Å². The van der Waals surface area contributed by atoms with Crippen LogP contribution in [0.1, 0.15) is 52.5 Å². The zero-order valence-electron chi connectivity index (χ0n) is 21.5. The molecule has 0 spiro atoms. The maximum absolute atomic E-state index is 14.5. The van der Waals surface area contributed by atoms with Crippen LogP contribution in [0.2, 0.25) is 0 Å². The summed E-state index contributed by atoms with van der Waals surface area (Å²) in [4.78, 5) is 34.3. The van der Waals surface area contributed by atoms with E-state index in [9.17, 15) is 31.5 Å². The molecule has 13 heteroatoms. The van der Waals surface area contributed by atoms with E-state index in [1.165, 1.54) is 19.4 Å². The average Bonchev–Trinajstić information content (AvgIpc) is 3.66. The molecular weight excluding hydrogens is 525 g/mol. The molecule has 2 radical (unpaired) electrons. The van der Waals surface area contributed by atoms with Crippen LogP contribution in [0.15, 0.2) is 24.5 Å². The number of nitrogens with zero attached hydrogens (tertiary/aromatic N) is 3. The summed E-state index contributed by atoms with van der Waals surface area (Å²) in [5.41, 5.74) is -2.35. The van der Waals surface area contributed by atoms with Crippen molar-refractivity contribution in [3.05, 3.63) is 58.7 Å². The van der Waals surface area contributed by atoms with E-state index in [1.807, 2.05) is 0 Å². The number of aryl methyl sites for hydroxylation is 1. The van der Waals surface area contributed by atoms with Crippen LogP contribution in [-0.4, -0.2) is 75.7 Å². The molecule has 1 aliphatic rings. The molecule has 7 nitrogen and oxygen atoms in total. The Bertz CT molecular complexity index is 1130. The number of rotatable bonds is 11. The summed E-state index contributed by atoms with van der Waals surface area (Å²) in [7, 11) is 4.78. The molecule has 2 aromatic rings. The standard InChI is InChI=1S/C25H30F5N5O2Si/c1-14-32-10-16(11-33-14)18(24(5-6-24)25(28,29)30)9-21(36)34-12-22(35(3)4)38-13-17-19(26)7-15(8-20(17)27)23(37)31-2/h7-8,10-11,18,22H,5-6,9,12-13H2,1-4H3,(H,31,37)(H,34,36)/t18-,22+/m1/s1. The van der Waals surface area contributed by atoms with Crippen molar-refractivity contribution < 1.29 is 31.5 Å². The van der Waals surface area contributed by atoms with E-state index in [4.69, 9.17) is 0 Å². The van der Waals surface area contributed by atoms with Crippen molar-refractivity contribution in [1.82, 2.24) is 25.5 Å². The Morgan fingerprint density at radius 3 is 2.18 bits per heavy atom. The molecule has 2 amide bonds. The number of hydrogen-bond donors (Lipinski definition) is 2. The lowest BCUT2D eigenvalue weighted by Gasteiger charge is -2.29. The Morgan fingerprint density at radius 2 is 1.71 bits per heavy atom. The van der Waals surface area contributed by atoms with Crippen LogP contribution in [-0.2, 0) is 10.8 Å². The summed E-state index contributed by atoms with van der Waals surface area (Å²) in [5.74, 6) is -3.56. The summed E-state index contributed by atoms with van der Waals surface area (Å²) in [6.45, 7) is 1.71. The molecule has 2 atom stereocenters. The van der Waals surface area contributed by atoms with Crippen molar-refractivity contribution in [3.8, 4) is 0 Å². The number of benzene rings is 1. The lowest BCUT2D eigenvalue weighted by atomic mass is 9.81. The molecule has 1 saturated carbocycles. The second kappa shape index (κ2) is 11.8. The minimum absolute atomic E-state index is 0.0188. The third kappa shape index (κ3) is 6.73. The van der Waals surface area contributed by atoms with Gasteiger partial charge in [-0.3, -0.25) is 9.59 Å². The molecule has 206 valence electrons. The van der Waals surface area contributed by atoms with E-state index < -0.39 is 41.0 Å². The van der Waals surface area contributed by atoms with Crippen molar-refractivity contribution in [2.24, 2.45) is 5.41 Å². The Labute approximate surface area is 220 Å². The average molecular weight is 556 g/mol. The molecule has 3 rings (SSSR count). The highest BCUT2D eigenvalue weighted by atomic mass is 28.2. The van der Waals surface area contributed by atoms with E-state index in [-0.39, 0.29) is 63.7 Å². The SMILES string of the molecule is CNC(=O)c1cc(F)c(C[Si][C@@H](CNC(=O)C[C@H](c2cnc(C)nc2)C2(C(F)(F)F)CC2)N(C)C)c(F)c1. The molecule has 0 saturated heterocycles. The van der Waals surface area contributed by atoms with Gasteiger partial charge in [-0.25, -0.2) is 18.7 Å². The van der Waals surface area contributed by atoms with Gasteiger partial charge in [0.1, 0.15) is 17.5 Å². The van der Waals surface area contributed by atoms with Crippen molar-refractivity contribution in [2.75, 3.05) is 27.7 Å². The minimum atomic E-state index is -4.47.